The van der Waals surface area contributed by atoms with Crippen molar-refractivity contribution < 1.29 is 9.90 Å². The van der Waals surface area contributed by atoms with E-state index in [0.717, 1.165) is 19.3 Å². The van der Waals surface area contributed by atoms with Crippen LogP contribution in [0.5, 0.6) is 0 Å². The normalized spacial score (nSPS) is 31.7. The van der Waals surface area contributed by atoms with E-state index < -0.39 is 0 Å². The van der Waals surface area contributed by atoms with E-state index in [1.165, 1.54) is 6.42 Å². The Bertz CT molecular complexity index is 228. The Kier molecular flexibility index (Phi) is 4.14. The molecule has 0 radical (unpaired) electrons. The third kappa shape index (κ3) is 3.20. The first-order valence-corrected chi connectivity index (χ1v) is 5.92. The molecular formula is C12H23NO2. The summed E-state index contributed by atoms with van der Waals surface area (Å²) in [6, 6.07) is 0. The van der Waals surface area contributed by atoms with Gasteiger partial charge in [0.1, 0.15) is 0 Å². The van der Waals surface area contributed by atoms with Crippen molar-refractivity contribution >= 4 is 5.91 Å². The molecule has 2 N–H and O–H groups in total. The predicted molar refractivity (Wildman–Crippen MR) is 60.4 cm³/mol. The number of aliphatic hydroxyl groups is 1. The largest absolute Gasteiger partial charge is 0.394 e. The maximum absolute atomic E-state index is 11.7. The maximum Gasteiger partial charge on any atom is 0.223 e. The highest BCUT2D eigenvalue weighted by Gasteiger charge is 2.35. The monoisotopic (exact) mass is 213 g/mol. The van der Waals surface area contributed by atoms with E-state index in [9.17, 15) is 9.90 Å². The van der Waals surface area contributed by atoms with Gasteiger partial charge in [-0.3, -0.25) is 4.79 Å². The van der Waals surface area contributed by atoms with Crippen LogP contribution in [0.1, 0.15) is 46.5 Å². The number of hydrogen-bond donors (Lipinski definition) is 2. The smallest absolute Gasteiger partial charge is 0.223 e. The van der Waals surface area contributed by atoms with Gasteiger partial charge in [0, 0.05) is 5.92 Å². The van der Waals surface area contributed by atoms with E-state index >= 15 is 0 Å². The summed E-state index contributed by atoms with van der Waals surface area (Å²) in [6.07, 6.45) is 4.12. The molecule has 1 fully saturated rings. The number of aliphatic hydroxyl groups excluding tert-OH is 1. The first kappa shape index (κ1) is 12.5. The van der Waals surface area contributed by atoms with E-state index in [-0.39, 0.29) is 24.0 Å². The number of rotatable bonds is 3. The number of carbonyl (C=O) groups is 1. The quantitative estimate of drug-likeness (QED) is 0.749. The molecule has 1 aliphatic rings. The highest BCUT2D eigenvalue weighted by molar-refractivity contribution is 5.78. The zero-order chi connectivity index (χ0) is 11.5. The summed E-state index contributed by atoms with van der Waals surface area (Å²) in [5, 5.41) is 12.5. The van der Waals surface area contributed by atoms with Gasteiger partial charge in [-0.1, -0.05) is 33.6 Å². The topological polar surface area (TPSA) is 49.3 Å². The molecule has 0 spiro atoms. The van der Waals surface area contributed by atoms with Crippen LogP contribution >= 0.6 is 0 Å². The molecule has 2 unspecified atom stereocenters. The second-order valence-corrected chi connectivity index (χ2v) is 5.28. The van der Waals surface area contributed by atoms with Gasteiger partial charge in [-0.25, -0.2) is 0 Å². The molecule has 1 saturated carbocycles. The van der Waals surface area contributed by atoms with Crippen LogP contribution in [0.25, 0.3) is 0 Å². The molecule has 88 valence electrons. The van der Waals surface area contributed by atoms with Gasteiger partial charge in [0.05, 0.1) is 12.1 Å². The van der Waals surface area contributed by atoms with Gasteiger partial charge in [0.25, 0.3) is 0 Å². The molecule has 15 heavy (non-hydrogen) atoms. The zero-order valence-corrected chi connectivity index (χ0v) is 10.0. The fraction of sp³-hybridized carbons (Fsp3) is 0.917. The maximum atomic E-state index is 11.7. The van der Waals surface area contributed by atoms with E-state index in [0.29, 0.717) is 5.92 Å². The molecule has 0 aliphatic heterocycles. The summed E-state index contributed by atoms with van der Waals surface area (Å²) >= 11 is 0. The van der Waals surface area contributed by atoms with Crippen molar-refractivity contribution in [3.8, 4) is 0 Å². The molecule has 0 bridgehead atoms. The molecule has 0 heterocycles. The van der Waals surface area contributed by atoms with Crippen LogP contribution in [0, 0.1) is 11.8 Å². The van der Waals surface area contributed by atoms with Crippen molar-refractivity contribution in [1.29, 1.82) is 0 Å². The lowest BCUT2D eigenvalue weighted by atomic mass is 9.76. The van der Waals surface area contributed by atoms with Crippen LogP contribution in [0.3, 0.4) is 0 Å². The van der Waals surface area contributed by atoms with Crippen LogP contribution in [0.4, 0.5) is 0 Å². The molecule has 0 aromatic rings. The lowest BCUT2D eigenvalue weighted by Crippen LogP contribution is -2.54. The van der Waals surface area contributed by atoms with Gasteiger partial charge < -0.3 is 10.4 Å². The van der Waals surface area contributed by atoms with Gasteiger partial charge in [0.15, 0.2) is 0 Å². The minimum Gasteiger partial charge on any atom is -0.394 e. The SMILES string of the molecule is CC1CCCC(CO)(NC(=O)C(C)C)C1. The highest BCUT2D eigenvalue weighted by Crippen LogP contribution is 2.32. The Labute approximate surface area is 92.3 Å². The highest BCUT2D eigenvalue weighted by atomic mass is 16.3. The Morgan fingerprint density at radius 2 is 2.27 bits per heavy atom. The molecule has 0 saturated heterocycles. The van der Waals surface area contributed by atoms with Crippen molar-refractivity contribution in [3.05, 3.63) is 0 Å². The van der Waals surface area contributed by atoms with Crippen LogP contribution in [-0.2, 0) is 4.79 Å². The Morgan fingerprint density at radius 1 is 1.60 bits per heavy atom. The summed E-state index contributed by atoms with van der Waals surface area (Å²) in [5.74, 6) is 0.641. The van der Waals surface area contributed by atoms with Crippen LogP contribution in [-0.4, -0.2) is 23.2 Å². The molecule has 0 aromatic heterocycles. The van der Waals surface area contributed by atoms with Gasteiger partial charge in [0.2, 0.25) is 5.91 Å². The molecule has 1 rings (SSSR count). The minimum absolute atomic E-state index is 0.00865. The van der Waals surface area contributed by atoms with Crippen LogP contribution in [0.15, 0.2) is 0 Å². The number of carbonyl (C=O) groups excluding carboxylic acids is 1. The Morgan fingerprint density at radius 3 is 2.73 bits per heavy atom. The van der Waals surface area contributed by atoms with Crippen molar-refractivity contribution in [2.45, 2.75) is 52.0 Å². The number of amides is 1. The molecule has 3 nitrogen and oxygen atoms in total. The number of hydrogen-bond acceptors (Lipinski definition) is 2. The standard InChI is InChI=1S/C12H23NO2/c1-9(2)11(15)13-12(8-14)6-4-5-10(3)7-12/h9-10,14H,4-8H2,1-3H3,(H,13,15). The second-order valence-electron chi connectivity index (χ2n) is 5.28. The van der Waals surface area contributed by atoms with Crippen molar-refractivity contribution in [2.75, 3.05) is 6.61 Å². The van der Waals surface area contributed by atoms with Crippen molar-refractivity contribution in [2.24, 2.45) is 11.8 Å². The lowest BCUT2D eigenvalue weighted by Gasteiger charge is -2.39. The first-order valence-electron chi connectivity index (χ1n) is 5.92. The molecule has 0 aromatic carbocycles. The summed E-state index contributed by atoms with van der Waals surface area (Å²) in [4.78, 5) is 11.7. The fourth-order valence-corrected chi connectivity index (χ4v) is 2.36. The number of nitrogens with one attached hydrogen (secondary N) is 1. The van der Waals surface area contributed by atoms with Gasteiger partial charge in [-0.05, 0) is 18.8 Å². The molecule has 3 heteroatoms. The van der Waals surface area contributed by atoms with E-state index in [4.69, 9.17) is 0 Å². The van der Waals surface area contributed by atoms with E-state index in [2.05, 4.69) is 12.2 Å². The summed E-state index contributed by atoms with van der Waals surface area (Å²) < 4.78 is 0. The molecule has 2 atom stereocenters. The second kappa shape index (κ2) is 4.97. The van der Waals surface area contributed by atoms with Crippen LogP contribution < -0.4 is 5.32 Å². The average Bonchev–Trinajstić information content (AvgIpc) is 2.17. The molecule has 1 aliphatic carbocycles. The zero-order valence-electron chi connectivity index (χ0n) is 10.0. The third-order valence-electron chi connectivity index (χ3n) is 3.31. The van der Waals surface area contributed by atoms with Crippen molar-refractivity contribution in [1.82, 2.24) is 5.32 Å². The Balaban J connectivity index is 2.63. The molecular weight excluding hydrogens is 190 g/mol. The summed E-state index contributed by atoms with van der Waals surface area (Å²) in [7, 11) is 0. The van der Waals surface area contributed by atoms with Crippen LogP contribution in [0.2, 0.25) is 0 Å². The third-order valence-corrected chi connectivity index (χ3v) is 3.31. The predicted octanol–water partition coefficient (Wildman–Crippen LogP) is 1.70. The summed E-state index contributed by atoms with van der Waals surface area (Å²) in [5.41, 5.74) is -0.348. The average molecular weight is 213 g/mol. The van der Waals surface area contributed by atoms with Gasteiger partial charge in [-0.15, -0.1) is 0 Å². The van der Waals surface area contributed by atoms with E-state index in [1.807, 2.05) is 13.8 Å². The lowest BCUT2D eigenvalue weighted by molar-refractivity contribution is -0.127. The Hall–Kier alpha value is -0.570. The van der Waals surface area contributed by atoms with Gasteiger partial charge >= 0.3 is 0 Å². The first-order chi connectivity index (χ1) is 6.99. The van der Waals surface area contributed by atoms with Gasteiger partial charge in [-0.2, -0.15) is 0 Å². The van der Waals surface area contributed by atoms with Crippen molar-refractivity contribution in [3.63, 3.8) is 0 Å². The van der Waals surface area contributed by atoms with E-state index in [1.54, 1.807) is 0 Å². The molecule has 1 amide bonds. The fourth-order valence-electron chi connectivity index (χ4n) is 2.36. The minimum atomic E-state index is -0.348. The summed E-state index contributed by atoms with van der Waals surface area (Å²) in [6.45, 7) is 6.01.